The average Bonchev–Trinajstić information content (AvgIpc) is 3.04. The number of ether oxygens (including phenoxy) is 1. The summed E-state index contributed by atoms with van der Waals surface area (Å²) in [7, 11) is 1.66. The number of thioether (sulfide) groups is 1. The van der Waals surface area contributed by atoms with Crippen molar-refractivity contribution in [3.8, 4) is 0 Å². The number of likely N-dealkylation sites (tertiary alicyclic amines) is 1. The molecule has 2 saturated heterocycles. The van der Waals surface area contributed by atoms with Crippen LogP contribution in [0.4, 0.5) is 0 Å². The second kappa shape index (κ2) is 15.5. The number of alkyl halides is 1. The van der Waals surface area contributed by atoms with Crippen molar-refractivity contribution < 1.29 is 33.7 Å². The Labute approximate surface area is 228 Å². The van der Waals surface area contributed by atoms with Crippen LogP contribution >= 0.6 is 23.4 Å². The maximum absolute atomic E-state index is 12.2. The van der Waals surface area contributed by atoms with Crippen LogP contribution in [0.3, 0.4) is 0 Å². The molecule has 2 aliphatic rings. The van der Waals surface area contributed by atoms with E-state index in [1.165, 1.54) is 24.6 Å². The van der Waals surface area contributed by atoms with Crippen molar-refractivity contribution in [2.75, 3.05) is 19.8 Å². The predicted molar refractivity (Wildman–Crippen MR) is 143 cm³/mol. The van der Waals surface area contributed by atoms with Crippen molar-refractivity contribution in [3.05, 3.63) is 22.1 Å². The average molecular weight is 567 g/mol. The molecular formula is C25H43ClN2O8S. The number of halogens is 1. The second-order valence-corrected chi connectivity index (χ2v) is 11.5. The highest BCUT2D eigenvalue weighted by Crippen LogP contribution is 2.30. The van der Waals surface area contributed by atoms with Gasteiger partial charge in [-0.05, 0) is 58.2 Å². The first-order chi connectivity index (χ1) is 17.5. The summed E-state index contributed by atoms with van der Waals surface area (Å²) in [5.74, 6) is 1.03. The Morgan fingerprint density at radius 1 is 1.19 bits per heavy atom. The van der Waals surface area contributed by atoms with Gasteiger partial charge in [0.15, 0.2) is 5.76 Å². The van der Waals surface area contributed by atoms with E-state index in [0.717, 1.165) is 25.8 Å². The molecule has 10 nitrogen and oxygen atoms in total. The summed E-state index contributed by atoms with van der Waals surface area (Å²) in [6, 6.07) is -0.175. The van der Waals surface area contributed by atoms with Crippen molar-refractivity contribution in [2.24, 2.45) is 5.92 Å². The van der Waals surface area contributed by atoms with Gasteiger partial charge in [0.1, 0.15) is 29.5 Å². The highest BCUT2D eigenvalue weighted by molar-refractivity contribution is 7.99. The normalized spacial score (nSPS) is 31.6. The van der Waals surface area contributed by atoms with Gasteiger partial charge in [-0.1, -0.05) is 19.8 Å². The van der Waals surface area contributed by atoms with Gasteiger partial charge in [0.25, 0.3) is 0 Å². The number of nitrogens with one attached hydrogen (secondary N) is 1. The zero-order chi connectivity index (χ0) is 27.7. The lowest BCUT2D eigenvalue weighted by Crippen LogP contribution is -2.56. The summed E-state index contributed by atoms with van der Waals surface area (Å²) in [5, 5.41) is 31.4. The van der Waals surface area contributed by atoms with Crippen molar-refractivity contribution in [3.63, 3.8) is 0 Å². The molecule has 0 aromatic carbocycles. The zero-order valence-electron chi connectivity index (χ0n) is 22.4. The van der Waals surface area contributed by atoms with Gasteiger partial charge >= 0.3 is 5.82 Å². The number of likely N-dealkylation sites (N-methyl/N-ethyl adjacent to an activating group) is 1. The Kier molecular flexibility index (Phi) is 13.5. The van der Waals surface area contributed by atoms with E-state index in [0.29, 0.717) is 30.4 Å². The van der Waals surface area contributed by atoms with Crippen LogP contribution in [0.25, 0.3) is 0 Å². The fourth-order valence-electron chi connectivity index (χ4n) is 4.90. The lowest BCUT2D eigenvalue weighted by molar-refractivity contribution is -0.198. The standard InChI is InChI=1S/C16H26N2O4.C9H17ClO4S/c1-4-5-12-6-7-13(15(19)17-3)18(9-8-12)10-14-11(2)21-16(20)22-14;1-4(10)3-5-6(11)7(12)8(13)9(14-5)15-2/h12-13H,4-10H2,1-3H3,(H,17,19);4-9,11-13H,3H2,1-2H3/t12?,13-;4-,5+,6-,7-,8+,9+/m00/s1. The predicted octanol–water partition coefficient (Wildman–Crippen LogP) is 2.23. The van der Waals surface area contributed by atoms with Gasteiger partial charge in [0, 0.05) is 12.4 Å². The quantitative estimate of drug-likeness (QED) is 0.345. The molecule has 3 heterocycles. The first-order valence-corrected chi connectivity index (χ1v) is 14.7. The van der Waals surface area contributed by atoms with Crippen molar-refractivity contribution in [2.45, 2.75) is 107 Å². The number of hydrogen-bond donors (Lipinski definition) is 4. The van der Waals surface area contributed by atoms with Gasteiger partial charge in [-0.3, -0.25) is 9.69 Å². The highest BCUT2D eigenvalue weighted by Gasteiger charge is 2.43. The SMILES string of the molecule is CCCC1CC[C@@H](C(=O)NC)N(Cc2oc(=O)oc2C)CC1.CS[C@H]1O[C@H](C[C@H](C)Cl)[C@H](O)[C@H](O)[C@H]1O. The van der Waals surface area contributed by atoms with Crippen LogP contribution in [-0.2, 0) is 16.1 Å². The minimum atomic E-state index is -1.17. The molecule has 4 N–H and O–H groups in total. The summed E-state index contributed by atoms with van der Waals surface area (Å²) in [6.45, 7) is 6.98. The topological polar surface area (TPSA) is 146 Å². The van der Waals surface area contributed by atoms with Gasteiger partial charge in [-0.2, -0.15) is 0 Å². The molecule has 1 aromatic rings. The van der Waals surface area contributed by atoms with E-state index in [1.807, 2.05) is 0 Å². The molecule has 2 fully saturated rings. The van der Waals surface area contributed by atoms with Crippen LogP contribution in [0.1, 0.15) is 63.9 Å². The summed E-state index contributed by atoms with van der Waals surface area (Å²) in [6.07, 6.45) is 3.75. The zero-order valence-corrected chi connectivity index (χ0v) is 24.0. The third-order valence-electron chi connectivity index (χ3n) is 7.00. The molecule has 12 heteroatoms. The van der Waals surface area contributed by atoms with Crippen molar-refractivity contribution >= 4 is 29.3 Å². The molecule has 0 saturated carbocycles. The van der Waals surface area contributed by atoms with E-state index < -0.39 is 35.7 Å². The second-order valence-electron chi connectivity index (χ2n) is 9.82. The molecule has 0 bridgehead atoms. The molecule has 2 aliphatic heterocycles. The summed E-state index contributed by atoms with van der Waals surface area (Å²) < 4.78 is 15.5. The Balaban J connectivity index is 0.000000281. The smallest absolute Gasteiger partial charge is 0.396 e. The summed E-state index contributed by atoms with van der Waals surface area (Å²) in [5.41, 5.74) is -0.510. The van der Waals surface area contributed by atoms with Crippen LogP contribution in [0.15, 0.2) is 13.6 Å². The molecule has 1 unspecified atom stereocenters. The van der Waals surface area contributed by atoms with Crippen molar-refractivity contribution in [1.29, 1.82) is 0 Å². The lowest BCUT2D eigenvalue weighted by atomic mass is 9.94. The summed E-state index contributed by atoms with van der Waals surface area (Å²) >= 11 is 7.11. The molecular weight excluding hydrogens is 524 g/mol. The number of rotatable bonds is 8. The van der Waals surface area contributed by atoms with Gasteiger partial charge in [-0.25, -0.2) is 4.79 Å². The van der Waals surface area contributed by atoms with Crippen LogP contribution in [0.5, 0.6) is 0 Å². The number of aryl methyl sites for hydroxylation is 1. The Morgan fingerprint density at radius 2 is 1.89 bits per heavy atom. The molecule has 3 rings (SSSR count). The minimum absolute atomic E-state index is 0.0284. The number of hydrogen-bond acceptors (Lipinski definition) is 10. The summed E-state index contributed by atoms with van der Waals surface area (Å²) in [4.78, 5) is 25.5. The minimum Gasteiger partial charge on any atom is -0.396 e. The van der Waals surface area contributed by atoms with Crippen LogP contribution in [-0.4, -0.2) is 87.2 Å². The molecule has 1 aromatic heterocycles. The fraction of sp³-hybridized carbons (Fsp3) is 0.840. The van der Waals surface area contributed by atoms with Crippen LogP contribution < -0.4 is 11.1 Å². The van der Waals surface area contributed by atoms with Gasteiger partial charge in [0.05, 0.1) is 18.7 Å². The van der Waals surface area contributed by atoms with E-state index in [4.69, 9.17) is 25.2 Å². The largest absolute Gasteiger partial charge is 0.519 e. The third kappa shape index (κ3) is 9.26. The van der Waals surface area contributed by atoms with E-state index in [1.54, 1.807) is 27.2 Å². The Hall–Kier alpha value is -1.08. The van der Waals surface area contributed by atoms with E-state index in [2.05, 4.69) is 17.1 Å². The number of carbonyl (C=O) groups is 1. The molecule has 214 valence electrons. The molecule has 1 amide bonds. The fourth-order valence-corrected chi connectivity index (χ4v) is 5.77. The third-order valence-corrected chi connectivity index (χ3v) is 8.03. The Morgan fingerprint density at radius 3 is 2.43 bits per heavy atom. The molecule has 0 radical (unpaired) electrons. The van der Waals surface area contributed by atoms with E-state index >= 15 is 0 Å². The number of aliphatic hydroxyl groups is 3. The van der Waals surface area contributed by atoms with Gasteiger partial charge < -0.3 is 34.2 Å². The number of amides is 1. The maximum Gasteiger partial charge on any atom is 0.519 e. The first kappa shape index (κ1) is 32.1. The lowest BCUT2D eigenvalue weighted by Gasteiger charge is -2.40. The molecule has 37 heavy (non-hydrogen) atoms. The highest BCUT2D eigenvalue weighted by atomic mass is 35.5. The van der Waals surface area contributed by atoms with Crippen molar-refractivity contribution in [1.82, 2.24) is 10.2 Å². The van der Waals surface area contributed by atoms with Crippen LogP contribution in [0, 0.1) is 12.8 Å². The number of nitrogens with zero attached hydrogens (tertiary/aromatic N) is 1. The van der Waals surface area contributed by atoms with Crippen LogP contribution in [0.2, 0.25) is 0 Å². The monoisotopic (exact) mass is 566 g/mol. The number of carbonyl (C=O) groups excluding carboxylic acids is 1. The Bertz CT molecular complexity index is 879. The van der Waals surface area contributed by atoms with Gasteiger partial charge in [0.2, 0.25) is 5.91 Å². The molecule has 0 spiro atoms. The molecule has 0 aliphatic carbocycles. The number of aliphatic hydroxyl groups excluding tert-OH is 3. The van der Waals surface area contributed by atoms with E-state index in [-0.39, 0.29) is 17.3 Å². The van der Waals surface area contributed by atoms with E-state index in [9.17, 15) is 24.9 Å². The van der Waals surface area contributed by atoms with Gasteiger partial charge in [-0.15, -0.1) is 23.4 Å². The first-order valence-electron chi connectivity index (χ1n) is 12.9. The maximum atomic E-state index is 12.2. The molecule has 8 atom stereocenters.